The van der Waals surface area contributed by atoms with Crippen LogP contribution in [0.25, 0.3) is 0 Å². The van der Waals surface area contributed by atoms with E-state index in [-0.39, 0.29) is 35.5 Å². The lowest BCUT2D eigenvalue weighted by Crippen LogP contribution is -2.63. The Balaban J connectivity index is 1.51. The summed E-state index contributed by atoms with van der Waals surface area (Å²) >= 11 is 0. The maximum absolute atomic E-state index is 13.2. The zero-order chi connectivity index (χ0) is 17.7. The van der Waals surface area contributed by atoms with Gasteiger partial charge in [-0.15, -0.1) is 0 Å². The highest BCUT2D eigenvalue weighted by Crippen LogP contribution is 2.73. The summed E-state index contributed by atoms with van der Waals surface area (Å²) in [4.78, 5) is 25.5. The van der Waals surface area contributed by atoms with Crippen LogP contribution in [0.4, 0.5) is 0 Å². The Kier molecular flexibility index (Phi) is 2.55. The minimum absolute atomic E-state index is 0.0728. The van der Waals surface area contributed by atoms with Crippen molar-refractivity contribution in [2.24, 2.45) is 16.7 Å². The first-order chi connectivity index (χ1) is 12.5. The van der Waals surface area contributed by atoms with Crippen molar-refractivity contribution in [3.63, 3.8) is 0 Å². The van der Waals surface area contributed by atoms with E-state index < -0.39 is 11.0 Å². The average molecular weight is 356 g/mol. The van der Waals surface area contributed by atoms with Gasteiger partial charge in [-0.2, -0.15) is 0 Å². The molecule has 6 rings (SSSR count). The fourth-order valence-electron chi connectivity index (χ4n) is 6.68. The zero-order valence-electron chi connectivity index (χ0n) is 14.5. The molecule has 6 atom stereocenters. The normalized spacial score (nSPS) is 48.3. The molecule has 4 heterocycles. The van der Waals surface area contributed by atoms with Crippen LogP contribution in [-0.4, -0.2) is 30.3 Å². The van der Waals surface area contributed by atoms with Gasteiger partial charge in [0.05, 0.1) is 18.6 Å². The fraction of sp³-hybridized carbons (Fsp3) is 0.600. The number of hydrogen-bond acceptors (Lipinski definition) is 6. The molecule has 2 aliphatic carbocycles. The number of furan rings is 1. The summed E-state index contributed by atoms with van der Waals surface area (Å²) in [6.45, 7) is 2.55. The molecule has 3 saturated heterocycles. The van der Waals surface area contributed by atoms with Crippen molar-refractivity contribution in [1.82, 2.24) is 0 Å². The van der Waals surface area contributed by atoms with Crippen molar-refractivity contribution in [1.29, 1.82) is 0 Å². The third kappa shape index (κ3) is 1.43. The van der Waals surface area contributed by atoms with Crippen LogP contribution in [0, 0.1) is 16.7 Å². The predicted octanol–water partition coefficient (Wildman–Crippen LogP) is 2.69. The number of ether oxygens (including phenoxy) is 3. The Labute approximate surface area is 150 Å². The van der Waals surface area contributed by atoms with E-state index in [4.69, 9.17) is 18.6 Å². The molecule has 26 heavy (non-hydrogen) atoms. The average Bonchev–Trinajstić information content (AvgIpc) is 3.28. The number of rotatable bonds is 1. The summed E-state index contributed by atoms with van der Waals surface area (Å²) in [7, 11) is 0. The molecule has 0 N–H and O–H groups in total. The summed E-state index contributed by atoms with van der Waals surface area (Å²) in [5, 5.41) is 0. The molecule has 1 unspecified atom stereocenters. The zero-order valence-corrected chi connectivity index (χ0v) is 14.5. The molecule has 0 amide bonds. The van der Waals surface area contributed by atoms with Crippen molar-refractivity contribution in [3.05, 3.63) is 35.8 Å². The lowest BCUT2D eigenvalue weighted by Gasteiger charge is -2.56. The molecule has 1 saturated carbocycles. The Morgan fingerprint density at radius 2 is 2.12 bits per heavy atom. The Bertz CT molecular complexity index is 856. The van der Waals surface area contributed by atoms with Gasteiger partial charge in [-0.1, -0.05) is 13.0 Å². The molecule has 6 nitrogen and oxygen atoms in total. The van der Waals surface area contributed by atoms with E-state index in [1.165, 1.54) is 0 Å². The van der Waals surface area contributed by atoms with E-state index in [9.17, 15) is 9.59 Å². The Morgan fingerprint density at radius 1 is 1.23 bits per heavy atom. The molecule has 4 fully saturated rings. The molecule has 0 aromatic carbocycles. The highest BCUT2D eigenvalue weighted by atomic mass is 16.6. The number of hydrogen-bond donors (Lipinski definition) is 0. The Hall–Kier alpha value is -2.08. The summed E-state index contributed by atoms with van der Waals surface area (Å²) in [5.41, 5.74) is 0.0333. The van der Waals surface area contributed by atoms with Crippen LogP contribution in [0.2, 0.25) is 0 Å². The third-order valence-electron chi connectivity index (χ3n) is 7.73. The van der Waals surface area contributed by atoms with E-state index in [0.717, 1.165) is 17.6 Å². The first-order valence-electron chi connectivity index (χ1n) is 9.29. The minimum atomic E-state index is -0.914. The van der Waals surface area contributed by atoms with Gasteiger partial charge < -0.3 is 18.6 Å². The molecule has 1 spiro atoms. The SMILES string of the molecule is C[C@]12C[C@H](c3ccoc3)OC(=O)[C@]13CC[C@@]14COC(=O)C1=CC[C@@H](O3)C42. The third-order valence-corrected chi connectivity index (χ3v) is 7.73. The van der Waals surface area contributed by atoms with Gasteiger partial charge in [0.25, 0.3) is 0 Å². The lowest BCUT2D eigenvalue weighted by atomic mass is 9.45. The second-order valence-electron chi connectivity index (χ2n) is 8.62. The van der Waals surface area contributed by atoms with Crippen LogP contribution in [0.5, 0.6) is 0 Å². The van der Waals surface area contributed by atoms with E-state index >= 15 is 0 Å². The van der Waals surface area contributed by atoms with Gasteiger partial charge in [0.15, 0.2) is 5.60 Å². The molecule has 0 radical (unpaired) electrons. The van der Waals surface area contributed by atoms with Gasteiger partial charge in [-0.3, -0.25) is 0 Å². The summed E-state index contributed by atoms with van der Waals surface area (Å²) in [5.74, 6) is -0.387. The number of carbonyl (C=O) groups excluding carboxylic acids is 2. The number of esters is 2. The van der Waals surface area contributed by atoms with Crippen LogP contribution in [0.15, 0.2) is 34.7 Å². The van der Waals surface area contributed by atoms with Crippen molar-refractivity contribution < 1.29 is 28.2 Å². The van der Waals surface area contributed by atoms with E-state index in [2.05, 4.69) is 6.92 Å². The number of cyclic esters (lactones) is 2. The minimum Gasteiger partial charge on any atom is -0.472 e. The highest BCUT2D eigenvalue weighted by molar-refractivity contribution is 5.93. The predicted molar refractivity (Wildman–Crippen MR) is 86.7 cm³/mol. The molecule has 1 aromatic rings. The van der Waals surface area contributed by atoms with Gasteiger partial charge in [0.1, 0.15) is 12.7 Å². The monoisotopic (exact) mass is 356 g/mol. The number of carbonyl (C=O) groups is 2. The van der Waals surface area contributed by atoms with E-state index in [0.29, 0.717) is 25.9 Å². The molecule has 3 aliphatic heterocycles. The quantitative estimate of drug-likeness (QED) is 0.720. The highest BCUT2D eigenvalue weighted by Gasteiger charge is 2.78. The summed E-state index contributed by atoms with van der Waals surface area (Å²) in [6.07, 6.45) is 7.42. The van der Waals surface area contributed by atoms with Crippen LogP contribution in [-0.2, 0) is 23.8 Å². The van der Waals surface area contributed by atoms with Crippen molar-refractivity contribution in [2.45, 2.75) is 50.4 Å². The first kappa shape index (κ1) is 15.0. The van der Waals surface area contributed by atoms with E-state index in [1.54, 1.807) is 12.5 Å². The van der Waals surface area contributed by atoms with Crippen LogP contribution < -0.4 is 0 Å². The summed E-state index contributed by atoms with van der Waals surface area (Å²) < 4.78 is 23.0. The molecular weight excluding hydrogens is 336 g/mol. The summed E-state index contributed by atoms with van der Waals surface area (Å²) in [6, 6.07) is 1.84. The molecule has 1 aromatic heterocycles. The fourth-order valence-corrected chi connectivity index (χ4v) is 6.68. The van der Waals surface area contributed by atoms with Crippen molar-refractivity contribution in [3.8, 4) is 0 Å². The molecule has 136 valence electrons. The molecular formula is C20H20O6. The van der Waals surface area contributed by atoms with Crippen molar-refractivity contribution in [2.75, 3.05) is 6.61 Å². The molecule has 2 bridgehead atoms. The standard InChI is InChI=1S/C20H20O6/c1-18-8-14(11-4-7-23-9-11)25-17(22)20(18)6-5-19-10-24-16(21)12(19)2-3-13(26-20)15(18)19/h2,4,7,9,13-15H,3,5-6,8,10H2,1H3/t13-,14-,15?,18-,19-,20-/m1/s1. The molecule has 6 heteroatoms. The molecule has 5 aliphatic rings. The van der Waals surface area contributed by atoms with Gasteiger partial charge in [0, 0.05) is 27.9 Å². The van der Waals surface area contributed by atoms with Gasteiger partial charge in [-0.25, -0.2) is 9.59 Å². The maximum atomic E-state index is 13.2. The second kappa shape index (κ2) is 4.42. The maximum Gasteiger partial charge on any atom is 0.339 e. The van der Waals surface area contributed by atoms with Crippen LogP contribution in [0.3, 0.4) is 0 Å². The van der Waals surface area contributed by atoms with Gasteiger partial charge in [-0.05, 0) is 31.7 Å². The van der Waals surface area contributed by atoms with Gasteiger partial charge >= 0.3 is 11.9 Å². The largest absolute Gasteiger partial charge is 0.472 e. The van der Waals surface area contributed by atoms with Crippen molar-refractivity contribution >= 4 is 11.9 Å². The topological polar surface area (TPSA) is 75.0 Å². The van der Waals surface area contributed by atoms with Crippen LogP contribution >= 0.6 is 0 Å². The smallest absolute Gasteiger partial charge is 0.339 e. The van der Waals surface area contributed by atoms with Gasteiger partial charge in [0.2, 0.25) is 0 Å². The van der Waals surface area contributed by atoms with Crippen LogP contribution in [0.1, 0.15) is 44.3 Å². The van der Waals surface area contributed by atoms with E-state index in [1.807, 2.05) is 12.1 Å². The Morgan fingerprint density at radius 3 is 2.92 bits per heavy atom. The second-order valence-corrected chi connectivity index (χ2v) is 8.62. The lowest BCUT2D eigenvalue weighted by molar-refractivity contribution is -0.214. The first-order valence-corrected chi connectivity index (χ1v) is 9.29.